The van der Waals surface area contributed by atoms with Crippen molar-refractivity contribution in [1.82, 2.24) is 15.0 Å². The molecule has 0 radical (unpaired) electrons. The summed E-state index contributed by atoms with van der Waals surface area (Å²) in [5, 5.41) is -0.466. The molecule has 0 saturated heterocycles. The smallest absolute Gasteiger partial charge is 0.387 e. The van der Waals surface area contributed by atoms with Crippen LogP contribution in [0.5, 0.6) is 17.2 Å². The molecule has 1 aromatic carbocycles. The SMILES string of the molecule is [2H]c1nc(C[S+]([O-])c2nc3c([2H])c([2H])c(OC(F)F)c([2H])c3[nH]2)c(OC([2H])([2H])[2H])c(OC([2H])([2H])[2H])c1[2H]. The molecule has 138 valence electrons. The first-order valence-electron chi connectivity index (χ1n) is 12.1. The first-order valence-corrected chi connectivity index (χ1v) is 7.92. The van der Waals surface area contributed by atoms with Gasteiger partial charge in [-0.1, -0.05) is 0 Å². The number of hydrogen-bond donors (Lipinski definition) is 1. The van der Waals surface area contributed by atoms with E-state index in [1.807, 2.05) is 0 Å². The Morgan fingerprint density at radius 3 is 2.96 bits per heavy atom. The molecule has 3 rings (SSSR count). The number of rotatable bonds is 7. The van der Waals surface area contributed by atoms with Crippen LogP contribution in [-0.4, -0.2) is 40.2 Å². The topological polar surface area (TPSA) is 92.3 Å². The first kappa shape index (κ1) is 8.87. The molecular formula is C16H15F2N3O4S. The number of imidazole rings is 1. The molecule has 0 fully saturated rings. The number of ether oxygens (including phenoxy) is 3. The van der Waals surface area contributed by atoms with E-state index in [9.17, 15) is 13.3 Å². The highest BCUT2D eigenvalue weighted by molar-refractivity contribution is 7.90. The lowest BCUT2D eigenvalue weighted by Crippen LogP contribution is -2.10. The maximum absolute atomic E-state index is 13.1. The number of nitrogens with one attached hydrogen (secondary N) is 1. The van der Waals surface area contributed by atoms with Gasteiger partial charge >= 0.3 is 11.8 Å². The molecule has 1 N–H and O–H groups in total. The van der Waals surface area contributed by atoms with Gasteiger partial charge in [-0.3, -0.25) is 9.97 Å². The summed E-state index contributed by atoms with van der Waals surface area (Å²) in [7, 11) is -6.39. The van der Waals surface area contributed by atoms with E-state index in [1.165, 1.54) is 0 Å². The molecule has 0 aliphatic rings. The van der Waals surface area contributed by atoms with Crippen LogP contribution in [-0.2, 0) is 16.9 Å². The number of alkyl halides is 2. The molecule has 7 nitrogen and oxygen atoms in total. The number of hydrogen-bond acceptors (Lipinski definition) is 6. The van der Waals surface area contributed by atoms with Gasteiger partial charge in [0.05, 0.1) is 40.2 Å². The standard InChI is InChI=1S/C16H15F2N3O4S/c1-23-13-5-6-19-12(14(13)24-2)8-26(22)16-20-10-4-3-9(25-15(17)18)7-11(10)21-16/h3-7,15H,8H2,1-2H3,(H,20,21)/i1D3,2D3,3D,4D,5D,6D,7D. The number of methoxy groups -OCH3 is 2. The number of H-pyrrole nitrogens is 1. The van der Waals surface area contributed by atoms with E-state index in [0.29, 0.717) is 0 Å². The Bertz CT molecular complexity index is 1340. The molecular weight excluding hydrogens is 368 g/mol. The highest BCUT2D eigenvalue weighted by Crippen LogP contribution is 2.31. The predicted molar refractivity (Wildman–Crippen MR) is 90.2 cm³/mol. The van der Waals surface area contributed by atoms with Crippen molar-refractivity contribution >= 4 is 22.2 Å². The molecule has 0 bridgehead atoms. The lowest BCUT2D eigenvalue weighted by molar-refractivity contribution is -0.0497. The van der Waals surface area contributed by atoms with Gasteiger partial charge in [-0.15, -0.1) is 0 Å². The molecule has 0 amide bonds. The number of benzene rings is 1. The van der Waals surface area contributed by atoms with E-state index in [2.05, 4.69) is 24.4 Å². The van der Waals surface area contributed by atoms with Crippen LogP contribution >= 0.6 is 0 Å². The van der Waals surface area contributed by atoms with Gasteiger partial charge in [0.15, 0.2) is 17.3 Å². The summed E-state index contributed by atoms with van der Waals surface area (Å²) < 4.78 is 135. The van der Waals surface area contributed by atoms with Crippen LogP contribution in [0.15, 0.2) is 35.5 Å². The van der Waals surface area contributed by atoms with Crippen molar-refractivity contribution < 1.29 is 42.6 Å². The summed E-state index contributed by atoms with van der Waals surface area (Å²) in [6, 6.07) is -3.27. The van der Waals surface area contributed by atoms with Gasteiger partial charge in [0, 0.05) is 29.4 Å². The third-order valence-corrected chi connectivity index (χ3v) is 4.10. The van der Waals surface area contributed by atoms with Gasteiger partial charge in [-0.2, -0.15) is 13.8 Å². The van der Waals surface area contributed by atoms with Crippen molar-refractivity contribution in [1.29, 1.82) is 0 Å². The normalized spacial score (nSPS) is 19.5. The van der Waals surface area contributed by atoms with Crippen LogP contribution in [0.3, 0.4) is 0 Å². The predicted octanol–water partition coefficient (Wildman–Crippen LogP) is 2.88. The van der Waals surface area contributed by atoms with Crippen LogP contribution in [0.4, 0.5) is 8.78 Å². The molecule has 0 aliphatic carbocycles. The van der Waals surface area contributed by atoms with Gasteiger partial charge in [-0.05, 0) is 12.1 Å². The average Bonchev–Trinajstić information content (AvgIpc) is 3.20. The maximum atomic E-state index is 13.1. The molecule has 2 aromatic heterocycles. The van der Waals surface area contributed by atoms with E-state index in [4.69, 9.17) is 19.8 Å². The Labute approximate surface area is 165 Å². The highest BCUT2D eigenvalue weighted by atomic mass is 32.2. The maximum Gasteiger partial charge on any atom is 0.387 e. The Kier molecular flexibility index (Phi) is 2.64. The summed E-state index contributed by atoms with van der Waals surface area (Å²) in [6.07, 6.45) is -0.858. The van der Waals surface area contributed by atoms with E-state index in [0.717, 1.165) is 0 Å². The zero-order valence-corrected chi connectivity index (χ0v) is 13.3. The summed E-state index contributed by atoms with van der Waals surface area (Å²) in [5.74, 6) is -3.55. The lowest BCUT2D eigenvalue weighted by atomic mass is 10.3. The minimum Gasteiger partial charge on any atom is -0.609 e. The monoisotopic (exact) mass is 394 g/mol. The third-order valence-electron chi connectivity index (χ3n) is 2.94. The zero-order chi connectivity index (χ0) is 28.0. The van der Waals surface area contributed by atoms with E-state index < -0.39 is 96.1 Å². The Balaban J connectivity index is 2.11. The molecule has 0 aliphatic heterocycles. The molecule has 0 spiro atoms. The van der Waals surface area contributed by atoms with Crippen molar-refractivity contribution in [2.24, 2.45) is 0 Å². The summed E-state index contributed by atoms with van der Waals surface area (Å²) in [5.41, 5.74) is -1.29. The highest BCUT2D eigenvalue weighted by Gasteiger charge is 2.22. The van der Waals surface area contributed by atoms with Crippen molar-refractivity contribution in [3.63, 3.8) is 0 Å². The van der Waals surface area contributed by atoms with E-state index >= 15 is 0 Å². The van der Waals surface area contributed by atoms with Crippen LogP contribution in [0.25, 0.3) is 11.0 Å². The number of halogens is 2. The fraction of sp³-hybridized carbons (Fsp3) is 0.250. The molecule has 3 aromatic rings. The van der Waals surface area contributed by atoms with Crippen LogP contribution in [0, 0.1) is 0 Å². The van der Waals surface area contributed by atoms with Gasteiger partial charge in [0.25, 0.3) is 0 Å². The number of pyridine rings is 1. The van der Waals surface area contributed by atoms with Crippen molar-refractivity contribution in [3.8, 4) is 17.2 Å². The Morgan fingerprint density at radius 2 is 2.19 bits per heavy atom. The quantitative estimate of drug-likeness (QED) is 0.620. The molecule has 1 unspecified atom stereocenters. The number of aromatic nitrogens is 3. The fourth-order valence-corrected chi connectivity index (χ4v) is 2.89. The first-order chi connectivity index (χ1) is 16.9. The van der Waals surface area contributed by atoms with Gasteiger partial charge < -0.3 is 18.8 Å². The minimum absolute atomic E-state index is 0.360. The van der Waals surface area contributed by atoms with Crippen molar-refractivity contribution in [2.45, 2.75) is 17.5 Å². The summed E-state index contributed by atoms with van der Waals surface area (Å²) in [4.78, 5) is 9.93. The van der Waals surface area contributed by atoms with Crippen molar-refractivity contribution in [2.75, 3.05) is 14.1 Å². The molecule has 2 heterocycles. The largest absolute Gasteiger partial charge is 0.609 e. The number of nitrogens with zero attached hydrogens (tertiary/aromatic N) is 2. The zero-order valence-electron chi connectivity index (χ0n) is 23.5. The van der Waals surface area contributed by atoms with Crippen molar-refractivity contribution in [3.05, 3.63) is 36.0 Å². The number of fused-ring (bicyclic) bond motifs is 1. The second-order valence-electron chi connectivity index (χ2n) is 4.50. The average molecular weight is 394 g/mol. The second kappa shape index (κ2) is 7.75. The second-order valence-corrected chi connectivity index (χ2v) is 5.86. The number of aromatic amines is 1. The van der Waals surface area contributed by atoms with Gasteiger partial charge in [0.1, 0.15) is 11.4 Å². The van der Waals surface area contributed by atoms with Crippen LogP contribution < -0.4 is 14.2 Å². The van der Waals surface area contributed by atoms with E-state index in [-0.39, 0.29) is 11.0 Å². The van der Waals surface area contributed by atoms with Gasteiger partial charge in [0.2, 0.25) is 0 Å². The Morgan fingerprint density at radius 1 is 1.35 bits per heavy atom. The third kappa shape index (κ3) is 3.81. The lowest BCUT2D eigenvalue weighted by Gasteiger charge is -2.12. The van der Waals surface area contributed by atoms with Crippen LogP contribution in [0.1, 0.15) is 20.8 Å². The molecule has 0 saturated carbocycles. The summed E-state index contributed by atoms with van der Waals surface area (Å²) in [6.45, 7) is -3.39. The molecule has 1 atom stereocenters. The minimum atomic E-state index is -3.39. The Hall–Kier alpha value is -2.59. The van der Waals surface area contributed by atoms with E-state index in [1.54, 1.807) is 0 Å². The van der Waals surface area contributed by atoms with Gasteiger partial charge in [-0.25, -0.2) is 0 Å². The fourth-order valence-electron chi connectivity index (χ4n) is 1.90. The molecule has 10 heteroatoms. The van der Waals surface area contributed by atoms with Crippen LogP contribution in [0.2, 0.25) is 0 Å². The summed E-state index contributed by atoms with van der Waals surface area (Å²) >= 11 is -2.34. The molecule has 26 heavy (non-hydrogen) atoms.